The number of carbonyl (C=O) groups excluding carboxylic acids is 4. The molecule has 0 aromatic heterocycles. The molecule has 168 valence electrons. The van der Waals surface area contributed by atoms with Crippen LogP contribution in [0.15, 0.2) is 59.1 Å². The molecule has 4 atom stereocenters. The molecule has 2 bridgehead atoms. The smallest absolute Gasteiger partial charge is 0.338 e. The zero-order chi connectivity index (χ0) is 23.3. The largest absolute Gasteiger partial charge is 0.452 e. The highest BCUT2D eigenvalue weighted by atomic mass is 79.9. The molecule has 1 saturated heterocycles. The molecule has 1 N–H and O–H groups in total. The van der Waals surface area contributed by atoms with E-state index in [1.165, 1.54) is 17.0 Å². The number of anilines is 2. The molecule has 1 saturated carbocycles. The quantitative estimate of drug-likeness (QED) is 0.356. The summed E-state index contributed by atoms with van der Waals surface area (Å²) in [6.45, 7) is -0.502. The number of benzene rings is 2. The van der Waals surface area contributed by atoms with Gasteiger partial charge in [-0.05, 0) is 70.6 Å². The summed E-state index contributed by atoms with van der Waals surface area (Å²) >= 11 is 9.27. The Morgan fingerprint density at radius 2 is 1.76 bits per heavy atom. The fourth-order valence-corrected chi connectivity index (χ4v) is 5.34. The Morgan fingerprint density at radius 1 is 1.06 bits per heavy atom. The molecule has 3 aliphatic rings. The summed E-state index contributed by atoms with van der Waals surface area (Å²) in [6.07, 6.45) is 4.91. The molecule has 2 fully saturated rings. The van der Waals surface area contributed by atoms with Crippen molar-refractivity contribution in [1.29, 1.82) is 0 Å². The summed E-state index contributed by atoms with van der Waals surface area (Å²) in [5, 5.41) is 3.03. The van der Waals surface area contributed by atoms with Crippen molar-refractivity contribution in [2.75, 3.05) is 16.8 Å². The number of esters is 1. The van der Waals surface area contributed by atoms with E-state index in [2.05, 4.69) is 21.2 Å². The first kappa shape index (κ1) is 21.9. The van der Waals surface area contributed by atoms with Gasteiger partial charge in [0.1, 0.15) is 0 Å². The van der Waals surface area contributed by atoms with Gasteiger partial charge in [-0.2, -0.15) is 0 Å². The lowest BCUT2D eigenvalue weighted by molar-refractivity contribution is -0.123. The third-order valence-electron chi connectivity index (χ3n) is 6.35. The molecule has 3 amide bonds. The molecular weight excluding hydrogens is 512 g/mol. The van der Waals surface area contributed by atoms with Crippen LogP contribution in [0.4, 0.5) is 11.4 Å². The summed E-state index contributed by atoms with van der Waals surface area (Å²) in [7, 11) is 0. The maximum absolute atomic E-state index is 13.0. The second-order valence-electron chi connectivity index (χ2n) is 8.32. The minimum Gasteiger partial charge on any atom is -0.452 e. The van der Waals surface area contributed by atoms with Crippen LogP contribution in [0.25, 0.3) is 0 Å². The van der Waals surface area contributed by atoms with Crippen molar-refractivity contribution in [3.05, 3.63) is 69.7 Å². The molecule has 2 aromatic carbocycles. The Bertz CT molecular complexity index is 1200. The van der Waals surface area contributed by atoms with Crippen LogP contribution in [0.5, 0.6) is 0 Å². The maximum atomic E-state index is 13.0. The summed E-state index contributed by atoms with van der Waals surface area (Å²) in [6, 6.07) is 11.1. The average Bonchev–Trinajstić information content (AvgIpc) is 3.48. The van der Waals surface area contributed by atoms with E-state index < -0.39 is 18.5 Å². The van der Waals surface area contributed by atoms with Gasteiger partial charge < -0.3 is 10.1 Å². The summed E-state index contributed by atoms with van der Waals surface area (Å²) < 4.78 is 5.81. The van der Waals surface area contributed by atoms with Gasteiger partial charge in [-0.3, -0.25) is 14.4 Å². The van der Waals surface area contributed by atoms with Crippen molar-refractivity contribution < 1.29 is 23.9 Å². The lowest BCUT2D eigenvalue weighted by Crippen LogP contribution is -2.33. The summed E-state index contributed by atoms with van der Waals surface area (Å²) in [4.78, 5) is 51.8. The van der Waals surface area contributed by atoms with Crippen molar-refractivity contribution in [2.45, 2.75) is 6.42 Å². The highest BCUT2D eigenvalue weighted by Crippen LogP contribution is 2.53. The molecule has 0 unspecified atom stereocenters. The minimum absolute atomic E-state index is 0.105. The Morgan fingerprint density at radius 3 is 2.42 bits per heavy atom. The second kappa shape index (κ2) is 8.43. The van der Waals surface area contributed by atoms with Crippen LogP contribution >= 0.6 is 27.5 Å². The van der Waals surface area contributed by atoms with Gasteiger partial charge in [0.15, 0.2) is 6.61 Å². The standard InChI is InChI=1S/C24H18BrClN2O5/c25-17-7-6-15(10-18(17)26)27-19(29)11-33-24(32)14-2-1-3-16(9-14)28-22(30)20-12-4-5-13(8-12)21(20)23(28)31/h1-7,9-10,12-13,20-21H,8,11H2,(H,27,29)/t12-,13-,20+,21+/m0/s1. The molecule has 0 radical (unpaired) electrons. The predicted molar refractivity (Wildman–Crippen MR) is 125 cm³/mol. The number of ether oxygens (including phenoxy) is 1. The van der Waals surface area contributed by atoms with E-state index in [-0.39, 0.29) is 41.0 Å². The normalized spacial score (nSPS) is 24.8. The van der Waals surface area contributed by atoms with E-state index >= 15 is 0 Å². The van der Waals surface area contributed by atoms with Crippen LogP contribution in [0.2, 0.25) is 5.02 Å². The lowest BCUT2D eigenvalue weighted by Gasteiger charge is -2.18. The summed E-state index contributed by atoms with van der Waals surface area (Å²) in [5.74, 6) is -2.14. The lowest BCUT2D eigenvalue weighted by atomic mass is 9.85. The zero-order valence-electron chi connectivity index (χ0n) is 17.2. The SMILES string of the molecule is O=C(COC(=O)c1cccc(N2C(=O)[C@H]3[C@H](C2=O)[C@H]2C=C[C@H]3C2)c1)Nc1ccc(Br)c(Cl)c1. The number of halogens is 2. The number of hydrogen-bond acceptors (Lipinski definition) is 5. The average molecular weight is 530 g/mol. The topological polar surface area (TPSA) is 92.8 Å². The zero-order valence-corrected chi connectivity index (χ0v) is 19.5. The molecular formula is C24H18BrClN2O5. The van der Waals surface area contributed by atoms with Crippen LogP contribution in [0, 0.1) is 23.7 Å². The van der Waals surface area contributed by atoms with Crippen LogP contribution in [0.3, 0.4) is 0 Å². The van der Waals surface area contributed by atoms with Crippen LogP contribution in [-0.2, 0) is 19.1 Å². The predicted octanol–water partition coefficient (Wildman–Crippen LogP) is 4.21. The third-order valence-corrected chi connectivity index (χ3v) is 7.58. The molecule has 0 spiro atoms. The fourth-order valence-electron chi connectivity index (χ4n) is 4.91. The van der Waals surface area contributed by atoms with Gasteiger partial charge in [-0.25, -0.2) is 9.69 Å². The van der Waals surface area contributed by atoms with Crippen LogP contribution in [-0.4, -0.2) is 30.3 Å². The number of imide groups is 1. The molecule has 1 aliphatic heterocycles. The number of carbonyl (C=O) groups is 4. The van der Waals surface area contributed by atoms with E-state index in [1.54, 1.807) is 30.3 Å². The van der Waals surface area contributed by atoms with Crippen molar-refractivity contribution in [3.8, 4) is 0 Å². The van der Waals surface area contributed by atoms with Crippen molar-refractivity contribution in [3.63, 3.8) is 0 Å². The minimum atomic E-state index is -0.734. The second-order valence-corrected chi connectivity index (χ2v) is 9.58. The number of rotatable bonds is 5. The van der Waals surface area contributed by atoms with Gasteiger partial charge in [0.2, 0.25) is 11.8 Å². The first-order chi connectivity index (χ1) is 15.8. The Kier molecular flexibility index (Phi) is 5.58. The van der Waals surface area contributed by atoms with Crippen LogP contribution < -0.4 is 10.2 Å². The maximum Gasteiger partial charge on any atom is 0.338 e. The van der Waals surface area contributed by atoms with E-state index in [0.29, 0.717) is 20.9 Å². The van der Waals surface area contributed by atoms with E-state index in [4.69, 9.17) is 16.3 Å². The fraction of sp³-hybridized carbons (Fsp3) is 0.250. The molecule has 5 rings (SSSR count). The number of fused-ring (bicyclic) bond motifs is 5. The highest BCUT2D eigenvalue weighted by molar-refractivity contribution is 9.10. The van der Waals surface area contributed by atoms with Gasteiger partial charge in [0.25, 0.3) is 5.91 Å². The van der Waals surface area contributed by atoms with Gasteiger partial charge in [-0.1, -0.05) is 29.8 Å². The van der Waals surface area contributed by atoms with E-state index in [9.17, 15) is 19.2 Å². The third kappa shape index (κ3) is 3.87. The molecule has 9 heteroatoms. The molecule has 1 heterocycles. The summed E-state index contributed by atoms with van der Waals surface area (Å²) in [5.41, 5.74) is 0.944. The number of amides is 3. The van der Waals surface area contributed by atoms with Crippen molar-refractivity contribution in [1.82, 2.24) is 0 Å². The monoisotopic (exact) mass is 528 g/mol. The number of hydrogen-bond donors (Lipinski definition) is 1. The number of nitrogens with one attached hydrogen (secondary N) is 1. The molecule has 2 aliphatic carbocycles. The van der Waals surface area contributed by atoms with Gasteiger partial charge in [0, 0.05) is 10.2 Å². The first-order valence-electron chi connectivity index (χ1n) is 10.4. The van der Waals surface area contributed by atoms with E-state index in [0.717, 1.165) is 6.42 Å². The van der Waals surface area contributed by atoms with Crippen molar-refractivity contribution >= 4 is 62.6 Å². The van der Waals surface area contributed by atoms with Gasteiger partial charge in [0.05, 0.1) is 28.1 Å². The molecule has 2 aromatic rings. The van der Waals surface area contributed by atoms with Crippen LogP contribution in [0.1, 0.15) is 16.8 Å². The highest BCUT2D eigenvalue weighted by Gasteiger charge is 2.59. The Balaban J connectivity index is 1.24. The number of nitrogens with zero attached hydrogens (tertiary/aromatic N) is 1. The first-order valence-corrected chi connectivity index (χ1v) is 11.6. The molecule has 7 nitrogen and oxygen atoms in total. The Hall–Kier alpha value is -2.97. The number of allylic oxidation sites excluding steroid dienone is 2. The Labute approximate surface area is 202 Å². The van der Waals surface area contributed by atoms with Crippen molar-refractivity contribution in [2.24, 2.45) is 23.7 Å². The van der Waals surface area contributed by atoms with Gasteiger partial charge >= 0.3 is 5.97 Å². The van der Waals surface area contributed by atoms with E-state index in [1.807, 2.05) is 12.2 Å². The molecule has 33 heavy (non-hydrogen) atoms. The van der Waals surface area contributed by atoms with Gasteiger partial charge in [-0.15, -0.1) is 0 Å².